The van der Waals surface area contributed by atoms with Crippen molar-refractivity contribution >= 4 is 0 Å². The number of benzene rings is 1. The molecule has 0 N–H and O–H groups in total. The predicted octanol–water partition coefficient (Wildman–Crippen LogP) is 2.35. The maximum absolute atomic E-state index is 2.35. The second-order valence-corrected chi connectivity index (χ2v) is 2.96. The van der Waals surface area contributed by atoms with Crippen molar-refractivity contribution in [1.29, 1.82) is 0 Å². The van der Waals surface area contributed by atoms with Gasteiger partial charge in [0.2, 0.25) is 0 Å². The molecule has 52 valence electrons. The molecule has 0 nitrogen and oxygen atoms in total. The summed E-state index contributed by atoms with van der Waals surface area (Å²) in [7, 11) is 0. The molecule has 0 atom stereocenters. The molecule has 2 rings (SSSR count). The van der Waals surface area contributed by atoms with Crippen molar-refractivity contribution < 1.29 is 0 Å². The van der Waals surface area contributed by atoms with Gasteiger partial charge in [-0.15, -0.1) is 0 Å². The molecule has 0 spiro atoms. The number of hydrogen-bond donors (Lipinski definition) is 0. The highest BCUT2D eigenvalue weighted by Gasteiger charge is 2.08. The van der Waals surface area contributed by atoms with Crippen LogP contribution in [0, 0.1) is 0 Å². The Morgan fingerprint density at radius 2 is 2.20 bits per heavy atom. The van der Waals surface area contributed by atoms with Crippen LogP contribution in [-0.4, -0.2) is 0 Å². The van der Waals surface area contributed by atoms with Gasteiger partial charge in [0, 0.05) is 0 Å². The van der Waals surface area contributed by atoms with Crippen LogP contribution in [0.15, 0.2) is 18.2 Å². The maximum Gasteiger partial charge on any atom is -0.0235 e. The lowest BCUT2D eigenvalue weighted by atomic mass is 10.1. The largest absolute Gasteiger partial charge is 0.0613 e. The number of rotatable bonds is 1. The fourth-order valence-corrected chi connectivity index (χ4v) is 1.69. The van der Waals surface area contributed by atoms with E-state index in [0.29, 0.717) is 0 Å². The molecule has 0 unspecified atom stereocenters. The first kappa shape index (κ1) is 5.96. The second-order valence-electron chi connectivity index (χ2n) is 2.96. The lowest BCUT2D eigenvalue weighted by Gasteiger charge is -1.98. The van der Waals surface area contributed by atoms with Gasteiger partial charge in [-0.3, -0.25) is 0 Å². The van der Waals surface area contributed by atoms with Gasteiger partial charge < -0.3 is 0 Å². The molecule has 10 heavy (non-hydrogen) atoms. The normalized spacial score (nSPS) is 14.1. The van der Waals surface area contributed by atoms with Crippen molar-refractivity contribution in [3.05, 3.63) is 34.9 Å². The van der Waals surface area contributed by atoms with Crippen LogP contribution in [0.2, 0.25) is 0 Å². The molecule has 0 heteroatoms. The van der Waals surface area contributed by atoms with Gasteiger partial charge in [0.15, 0.2) is 0 Å². The van der Waals surface area contributed by atoms with Crippen LogP contribution >= 0.6 is 0 Å². The molecule has 0 fully saturated rings. The molecular formula is C10H12. The zero-order chi connectivity index (χ0) is 6.97. The summed E-state index contributed by atoms with van der Waals surface area (Å²) in [6.07, 6.45) is 3.75. The standard InChI is InChI=1S/C10H12/c1-2-9-5-3-8-4-6-10(9)7-8/h3,5,7H,2,4,6H2,1H3. The molecular weight excluding hydrogens is 120 g/mol. The molecule has 2 bridgehead atoms. The van der Waals surface area contributed by atoms with E-state index in [-0.39, 0.29) is 0 Å². The first-order chi connectivity index (χ1) is 4.90. The fourth-order valence-electron chi connectivity index (χ4n) is 1.69. The second kappa shape index (κ2) is 2.12. The number of hydrogen-bond acceptors (Lipinski definition) is 0. The Morgan fingerprint density at radius 1 is 1.30 bits per heavy atom. The van der Waals surface area contributed by atoms with Crippen molar-refractivity contribution in [2.45, 2.75) is 26.2 Å². The van der Waals surface area contributed by atoms with E-state index in [0.717, 1.165) is 0 Å². The van der Waals surface area contributed by atoms with Crippen molar-refractivity contribution in [3.63, 3.8) is 0 Å². The molecule has 0 saturated carbocycles. The topological polar surface area (TPSA) is 0 Å². The van der Waals surface area contributed by atoms with Gasteiger partial charge in [0.25, 0.3) is 0 Å². The van der Waals surface area contributed by atoms with Gasteiger partial charge in [0.05, 0.1) is 0 Å². The average Bonchev–Trinajstić information content (AvgIpc) is 2.34. The maximum atomic E-state index is 2.35. The molecule has 0 heterocycles. The summed E-state index contributed by atoms with van der Waals surface area (Å²) in [5.41, 5.74) is 4.65. The van der Waals surface area contributed by atoms with E-state index in [9.17, 15) is 0 Å². The molecule has 1 aliphatic carbocycles. The first-order valence-electron chi connectivity index (χ1n) is 4.01. The van der Waals surface area contributed by atoms with Gasteiger partial charge >= 0.3 is 0 Å². The Balaban J connectivity index is 2.50. The number of fused-ring (bicyclic) bond motifs is 2. The highest BCUT2D eigenvalue weighted by molar-refractivity contribution is 5.37. The van der Waals surface area contributed by atoms with Crippen molar-refractivity contribution in [2.75, 3.05) is 0 Å². The minimum Gasteiger partial charge on any atom is -0.0613 e. The molecule has 0 saturated heterocycles. The highest BCUT2D eigenvalue weighted by Crippen LogP contribution is 2.21. The number of aryl methyl sites for hydroxylation is 3. The zero-order valence-electron chi connectivity index (χ0n) is 6.35. The smallest absolute Gasteiger partial charge is 0.0235 e. The van der Waals surface area contributed by atoms with Crippen LogP contribution < -0.4 is 0 Å². The van der Waals surface area contributed by atoms with Crippen molar-refractivity contribution in [1.82, 2.24) is 0 Å². The van der Waals surface area contributed by atoms with Crippen LogP contribution in [-0.2, 0) is 19.3 Å². The molecule has 0 aromatic heterocycles. The lowest BCUT2D eigenvalue weighted by molar-refractivity contribution is 1.00. The molecule has 0 radical (unpaired) electrons. The third-order valence-electron chi connectivity index (χ3n) is 2.33. The Kier molecular flexibility index (Phi) is 1.26. The van der Waals surface area contributed by atoms with Crippen molar-refractivity contribution in [2.24, 2.45) is 0 Å². The molecule has 1 aromatic rings. The summed E-state index contributed by atoms with van der Waals surface area (Å²) in [5, 5.41) is 0. The fraction of sp³-hybridized carbons (Fsp3) is 0.400. The van der Waals surface area contributed by atoms with Gasteiger partial charge in [-0.05, 0) is 36.0 Å². The molecule has 0 aliphatic heterocycles. The Morgan fingerprint density at radius 3 is 3.00 bits per heavy atom. The van der Waals surface area contributed by atoms with E-state index in [1.807, 2.05) is 0 Å². The van der Waals surface area contributed by atoms with Crippen LogP contribution in [0.25, 0.3) is 0 Å². The van der Waals surface area contributed by atoms with Crippen molar-refractivity contribution in [3.8, 4) is 0 Å². The summed E-state index contributed by atoms with van der Waals surface area (Å²) >= 11 is 0. The zero-order valence-corrected chi connectivity index (χ0v) is 6.35. The molecule has 1 aliphatic rings. The van der Waals surface area contributed by atoms with Gasteiger partial charge in [-0.2, -0.15) is 0 Å². The Bertz CT molecular complexity index is 248. The summed E-state index contributed by atoms with van der Waals surface area (Å²) in [4.78, 5) is 0. The SMILES string of the molecule is CCc1ccc2cc1CC2. The van der Waals surface area contributed by atoms with E-state index in [2.05, 4.69) is 25.1 Å². The quantitative estimate of drug-likeness (QED) is 0.550. The minimum atomic E-state index is 1.19. The lowest BCUT2D eigenvalue weighted by Crippen LogP contribution is -1.84. The van der Waals surface area contributed by atoms with E-state index in [4.69, 9.17) is 0 Å². The molecule has 1 aromatic carbocycles. The van der Waals surface area contributed by atoms with Crippen LogP contribution in [0.5, 0.6) is 0 Å². The average molecular weight is 132 g/mol. The van der Waals surface area contributed by atoms with E-state index < -0.39 is 0 Å². The minimum absolute atomic E-state index is 1.19. The summed E-state index contributed by atoms with van der Waals surface area (Å²) in [6, 6.07) is 6.88. The van der Waals surface area contributed by atoms with E-state index in [1.54, 1.807) is 11.1 Å². The summed E-state index contributed by atoms with van der Waals surface area (Å²) in [6.45, 7) is 2.23. The monoisotopic (exact) mass is 132 g/mol. The summed E-state index contributed by atoms with van der Waals surface area (Å²) in [5.74, 6) is 0. The highest BCUT2D eigenvalue weighted by atomic mass is 14.1. The van der Waals surface area contributed by atoms with Gasteiger partial charge in [0.1, 0.15) is 0 Å². The summed E-state index contributed by atoms with van der Waals surface area (Å²) < 4.78 is 0. The van der Waals surface area contributed by atoms with Crippen LogP contribution in [0.3, 0.4) is 0 Å². The Hall–Kier alpha value is -0.780. The van der Waals surface area contributed by atoms with Gasteiger partial charge in [-0.1, -0.05) is 25.1 Å². The third-order valence-corrected chi connectivity index (χ3v) is 2.33. The van der Waals surface area contributed by atoms with E-state index >= 15 is 0 Å². The third kappa shape index (κ3) is 0.756. The first-order valence-corrected chi connectivity index (χ1v) is 4.01. The van der Waals surface area contributed by atoms with Crippen LogP contribution in [0.1, 0.15) is 23.6 Å². The van der Waals surface area contributed by atoms with E-state index in [1.165, 1.54) is 24.8 Å². The molecule has 0 amide bonds. The van der Waals surface area contributed by atoms with Crippen LogP contribution in [0.4, 0.5) is 0 Å². The Labute approximate surface area is 61.9 Å². The van der Waals surface area contributed by atoms with Gasteiger partial charge in [-0.25, -0.2) is 0 Å². The predicted molar refractivity (Wildman–Crippen MR) is 43.2 cm³/mol.